The fraction of sp³-hybridized carbons (Fsp3) is 0.226. The summed E-state index contributed by atoms with van der Waals surface area (Å²) in [5.41, 5.74) is 4.65. The molecule has 8 nitrogen and oxygen atoms in total. The van der Waals surface area contributed by atoms with Crippen LogP contribution in [0.15, 0.2) is 96.2 Å². The Balaban J connectivity index is 1.22. The van der Waals surface area contributed by atoms with Crippen LogP contribution in [0.1, 0.15) is 39.6 Å². The predicted molar refractivity (Wildman–Crippen MR) is 153 cm³/mol. The molecule has 0 bridgehead atoms. The number of fused-ring (bicyclic) bond motifs is 1. The van der Waals surface area contributed by atoms with Gasteiger partial charge in [0.25, 0.3) is 15.9 Å². The van der Waals surface area contributed by atoms with E-state index in [4.69, 9.17) is 4.74 Å². The second-order valence-corrected chi connectivity index (χ2v) is 11.6. The first kappa shape index (κ1) is 27.5. The highest BCUT2D eigenvalue weighted by Gasteiger charge is 2.22. The van der Waals surface area contributed by atoms with Crippen molar-refractivity contribution in [1.82, 2.24) is 15.0 Å². The molecular weight excluding hydrogens is 526 g/mol. The van der Waals surface area contributed by atoms with Crippen molar-refractivity contribution in [2.75, 3.05) is 13.1 Å². The number of aryl methyl sites for hydroxylation is 2. The molecular formula is C31H31N3O5S. The Hall–Kier alpha value is -4.05. The van der Waals surface area contributed by atoms with Gasteiger partial charge in [0, 0.05) is 36.6 Å². The van der Waals surface area contributed by atoms with E-state index in [0.29, 0.717) is 13.1 Å². The molecule has 0 saturated carbocycles. The molecule has 9 heteroatoms. The van der Waals surface area contributed by atoms with Crippen molar-refractivity contribution in [2.24, 2.45) is 0 Å². The van der Waals surface area contributed by atoms with Crippen molar-refractivity contribution in [3.63, 3.8) is 0 Å². The van der Waals surface area contributed by atoms with E-state index < -0.39 is 22.0 Å². The third-order valence-electron chi connectivity index (χ3n) is 6.89. The first-order chi connectivity index (χ1) is 19.3. The number of nitrogens with zero attached hydrogens (tertiary/aromatic N) is 1. The molecule has 4 aromatic rings. The van der Waals surface area contributed by atoms with E-state index >= 15 is 0 Å². The van der Waals surface area contributed by atoms with Crippen molar-refractivity contribution in [1.29, 1.82) is 0 Å². The molecule has 0 aliphatic carbocycles. The minimum atomic E-state index is -4.06. The Kier molecular flexibility index (Phi) is 8.25. The second kappa shape index (κ2) is 12.0. The van der Waals surface area contributed by atoms with E-state index in [1.807, 2.05) is 37.3 Å². The van der Waals surface area contributed by atoms with E-state index in [-0.39, 0.29) is 16.6 Å². The van der Waals surface area contributed by atoms with Gasteiger partial charge in [-0.25, -0.2) is 13.1 Å². The Morgan fingerprint density at radius 1 is 1.05 bits per heavy atom. The van der Waals surface area contributed by atoms with Gasteiger partial charge in [-0.15, -0.1) is 0 Å². The quantitative estimate of drug-likeness (QED) is 0.282. The summed E-state index contributed by atoms with van der Waals surface area (Å²) in [4.78, 5) is 16.6. The van der Waals surface area contributed by atoms with E-state index in [1.165, 1.54) is 6.07 Å². The lowest BCUT2D eigenvalue weighted by Crippen LogP contribution is -2.36. The van der Waals surface area contributed by atoms with Crippen LogP contribution in [0.5, 0.6) is 5.75 Å². The maximum Gasteiger partial charge on any atom is 0.264 e. The number of benzene rings is 3. The molecule has 0 fully saturated rings. The summed E-state index contributed by atoms with van der Waals surface area (Å²) in [7, 11) is -4.06. The maximum atomic E-state index is 13.0. The van der Waals surface area contributed by atoms with Gasteiger partial charge in [-0.2, -0.15) is 0 Å². The first-order valence-corrected chi connectivity index (χ1v) is 14.6. The van der Waals surface area contributed by atoms with Crippen LogP contribution in [0.2, 0.25) is 0 Å². The summed E-state index contributed by atoms with van der Waals surface area (Å²) in [6, 6.07) is 22.7. The average molecular weight is 558 g/mol. The SMILES string of the molecule is Cc1ccc(C(=O)NS(=O)(=O)c2cccc(-c3ccc4c(c3)CCC(CNCC(O)c3cccnc3)O4)c2)cc1. The fourth-order valence-corrected chi connectivity index (χ4v) is 5.65. The molecule has 0 radical (unpaired) electrons. The van der Waals surface area contributed by atoms with Crippen LogP contribution >= 0.6 is 0 Å². The highest BCUT2D eigenvalue weighted by Crippen LogP contribution is 2.32. The standard InChI is InChI=1S/C31H31N3O5S/c1-21-7-9-22(10-8-21)31(36)34-40(37,38)28-6-2-4-23(17-28)24-12-14-30-25(16-24)11-13-27(39-30)19-33-20-29(35)26-5-3-15-32-18-26/h2-10,12,14-18,27,29,33,35H,11,13,19-20H2,1H3,(H,34,36). The van der Waals surface area contributed by atoms with Crippen molar-refractivity contribution < 1.29 is 23.1 Å². The van der Waals surface area contributed by atoms with Gasteiger partial charge in [0.2, 0.25) is 0 Å². The van der Waals surface area contributed by atoms with Crippen molar-refractivity contribution >= 4 is 15.9 Å². The molecule has 1 aromatic heterocycles. The van der Waals surface area contributed by atoms with Gasteiger partial charge in [0.1, 0.15) is 11.9 Å². The second-order valence-electron chi connectivity index (χ2n) is 9.89. The van der Waals surface area contributed by atoms with Crippen LogP contribution in [0.3, 0.4) is 0 Å². The van der Waals surface area contributed by atoms with E-state index in [1.54, 1.807) is 54.9 Å². The summed E-state index contributed by atoms with van der Waals surface area (Å²) in [6.45, 7) is 2.90. The summed E-state index contributed by atoms with van der Waals surface area (Å²) in [5, 5.41) is 13.6. The van der Waals surface area contributed by atoms with Crippen LogP contribution in [0.4, 0.5) is 0 Å². The number of aliphatic hydroxyl groups excluding tert-OH is 1. The molecule has 0 spiro atoms. The number of carbonyl (C=O) groups excluding carboxylic acids is 1. The Morgan fingerprint density at radius 3 is 2.62 bits per heavy atom. The smallest absolute Gasteiger partial charge is 0.264 e. The van der Waals surface area contributed by atoms with Crippen LogP contribution in [-0.4, -0.2) is 43.6 Å². The summed E-state index contributed by atoms with van der Waals surface area (Å²) in [6.07, 6.45) is 4.29. The highest BCUT2D eigenvalue weighted by atomic mass is 32.2. The predicted octanol–water partition coefficient (Wildman–Crippen LogP) is 4.19. The number of sulfonamides is 1. The molecule has 206 valence electrons. The lowest BCUT2D eigenvalue weighted by molar-refractivity contribution is 0.0981. The number of amides is 1. The number of nitrogens with one attached hydrogen (secondary N) is 2. The normalized spacial score (nSPS) is 15.5. The Labute approximate surface area is 234 Å². The number of ether oxygens (including phenoxy) is 1. The van der Waals surface area contributed by atoms with Gasteiger partial charge in [0.05, 0.1) is 11.0 Å². The molecule has 0 saturated heterocycles. The lowest BCUT2D eigenvalue weighted by Gasteiger charge is -2.27. The number of carbonyl (C=O) groups is 1. The molecule has 1 aliphatic heterocycles. The summed E-state index contributed by atoms with van der Waals surface area (Å²) < 4.78 is 34.3. The molecule has 1 aliphatic rings. The van der Waals surface area contributed by atoms with Gasteiger partial charge in [0.15, 0.2) is 0 Å². The molecule has 3 aromatic carbocycles. The highest BCUT2D eigenvalue weighted by molar-refractivity contribution is 7.90. The van der Waals surface area contributed by atoms with Gasteiger partial charge < -0.3 is 15.2 Å². The van der Waals surface area contributed by atoms with Crippen molar-refractivity contribution in [3.05, 3.63) is 114 Å². The maximum absolute atomic E-state index is 13.0. The van der Waals surface area contributed by atoms with Gasteiger partial charge in [-0.05, 0) is 78.9 Å². The number of rotatable bonds is 9. The molecule has 3 N–H and O–H groups in total. The minimum Gasteiger partial charge on any atom is -0.489 e. The summed E-state index contributed by atoms with van der Waals surface area (Å²) >= 11 is 0. The van der Waals surface area contributed by atoms with Crippen LogP contribution in [0.25, 0.3) is 11.1 Å². The van der Waals surface area contributed by atoms with E-state index in [9.17, 15) is 18.3 Å². The Bertz CT molecular complexity index is 1590. The van der Waals surface area contributed by atoms with Gasteiger partial charge >= 0.3 is 0 Å². The van der Waals surface area contributed by atoms with E-state index in [2.05, 4.69) is 15.0 Å². The molecule has 5 rings (SSSR count). The topological polar surface area (TPSA) is 118 Å². The number of hydrogen-bond donors (Lipinski definition) is 3. The molecule has 2 unspecified atom stereocenters. The number of pyridine rings is 1. The lowest BCUT2D eigenvalue weighted by atomic mass is 9.97. The zero-order valence-corrected chi connectivity index (χ0v) is 22.9. The fourth-order valence-electron chi connectivity index (χ4n) is 4.63. The van der Waals surface area contributed by atoms with Crippen molar-refractivity contribution in [3.8, 4) is 16.9 Å². The van der Waals surface area contributed by atoms with Gasteiger partial charge in [-0.3, -0.25) is 9.78 Å². The first-order valence-electron chi connectivity index (χ1n) is 13.1. The zero-order chi connectivity index (χ0) is 28.1. The molecule has 1 amide bonds. The monoisotopic (exact) mass is 557 g/mol. The third-order valence-corrected chi connectivity index (χ3v) is 8.22. The third kappa shape index (κ3) is 6.56. The minimum absolute atomic E-state index is 0.0130. The molecule has 40 heavy (non-hydrogen) atoms. The van der Waals surface area contributed by atoms with Crippen LogP contribution < -0.4 is 14.8 Å². The number of hydrogen-bond acceptors (Lipinski definition) is 7. The zero-order valence-electron chi connectivity index (χ0n) is 22.1. The van der Waals surface area contributed by atoms with Crippen LogP contribution in [-0.2, 0) is 16.4 Å². The number of aliphatic hydroxyl groups is 1. The van der Waals surface area contributed by atoms with Crippen LogP contribution in [0, 0.1) is 6.92 Å². The number of aromatic nitrogens is 1. The largest absolute Gasteiger partial charge is 0.489 e. The van der Waals surface area contributed by atoms with Crippen molar-refractivity contribution in [2.45, 2.75) is 36.9 Å². The Morgan fingerprint density at radius 2 is 1.85 bits per heavy atom. The van der Waals surface area contributed by atoms with Gasteiger partial charge in [-0.1, -0.05) is 42.0 Å². The summed E-state index contributed by atoms with van der Waals surface area (Å²) in [5.74, 6) is 0.121. The average Bonchev–Trinajstić information content (AvgIpc) is 2.97. The molecule has 2 atom stereocenters. The van der Waals surface area contributed by atoms with E-state index in [0.717, 1.165) is 46.4 Å². The molecule has 2 heterocycles.